The molecule has 0 aromatic carbocycles. The largest absolute Gasteiger partial charge is 0.447 e. The number of likely N-dealkylation sites (tertiary alicyclic amines) is 1. The number of rotatable bonds is 4. The number of hydrogen-bond donors (Lipinski definition) is 0. The first-order chi connectivity index (χ1) is 10.7. The lowest BCUT2D eigenvalue weighted by Gasteiger charge is -2.24. The molecule has 0 unspecified atom stereocenters. The van der Waals surface area contributed by atoms with E-state index in [2.05, 4.69) is 9.97 Å². The number of carbonyl (C=O) groups is 2. The zero-order valence-electron chi connectivity index (χ0n) is 12.4. The summed E-state index contributed by atoms with van der Waals surface area (Å²) in [5.41, 5.74) is 0.694. The Morgan fingerprint density at radius 3 is 3.05 bits per heavy atom. The van der Waals surface area contributed by atoms with Crippen molar-refractivity contribution >= 4 is 17.8 Å². The van der Waals surface area contributed by atoms with Gasteiger partial charge in [0.2, 0.25) is 5.91 Å². The maximum absolute atomic E-state index is 12.1. The number of carbonyl (C=O) groups excluding carboxylic acids is 2. The smallest absolute Gasteiger partial charge is 0.415 e. The molecule has 2 amide bonds. The molecule has 0 aliphatic carbocycles. The Kier molecular flexibility index (Phi) is 4.19. The highest BCUT2D eigenvalue weighted by Crippen LogP contribution is 2.31. The summed E-state index contributed by atoms with van der Waals surface area (Å²) in [6.45, 7) is 1.56. The average Bonchev–Trinajstić information content (AvgIpc) is 3.16. The lowest BCUT2D eigenvalue weighted by Crippen LogP contribution is -2.34. The van der Waals surface area contributed by atoms with Gasteiger partial charge in [-0.05, 0) is 12.8 Å². The Morgan fingerprint density at radius 2 is 2.32 bits per heavy atom. The van der Waals surface area contributed by atoms with Crippen LogP contribution in [0.2, 0.25) is 0 Å². The molecule has 2 saturated heterocycles. The van der Waals surface area contributed by atoms with E-state index in [1.807, 2.05) is 0 Å². The van der Waals surface area contributed by atoms with Crippen LogP contribution in [0.3, 0.4) is 0 Å². The van der Waals surface area contributed by atoms with Gasteiger partial charge in [0.15, 0.2) is 5.82 Å². The van der Waals surface area contributed by atoms with Crippen molar-refractivity contribution in [1.82, 2.24) is 14.9 Å². The molecule has 3 rings (SSSR count). The topological polar surface area (TPSA) is 84.9 Å². The Morgan fingerprint density at radius 1 is 1.45 bits per heavy atom. The second-order valence-corrected chi connectivity index (χ2v) is 5.25. The van der Waals surface area contributed by atoms with E-state index in [4.69, 9.17) is 9.47 Å². The van der Waals surface area contributed by atoms with Gasteiger partial charge in [0, 0.05) is 13.7 Å². The van der Waals surface area contributed by atoms with Crippen LogP contribution in [0.25, 0.3) is 0 Å². The van der Waals surface area contributed by atoms with E-state index in [1.54, 1.807) is 11.1 Å². The van der Waals surface area contributed by atoms with E-state index >= 15 is 0 Å². The van der Waals surface area contributed by atoms with Crippen molar-refractivity contribution in [3.63, 3.8) is 0 Å². The summed E-state index contributed by atoms with van der Waals surface area (Å²) >= 11 is 0. The maximum Gasteiger partial charge on any atom is 0.415 e. The van der Waals surface area contributed by atoms with E-state index in [0.29, 0.717) is 31.2 Å². The molecule has 2 fully saturated rings. The van der Waals surface area contributed by atoms with Gasteiger partial charge in [-0.15, -0.1) is 0 Å². The van der Waals surface area contributed by atoms with Crippen LogP contribution in [-0.4, -0.2) is 60.3 Å². The van der Waals surface area contributed by atoms with Gasteiger partial charge < -0.3 is 14.4 Å². The third-order valence-corrected chi connectivity index (χ3v) is 3.86. The molecule has 2 aliphatic heterocycles. The fourth-order valence-electron chi connectivity index (χ4n) is 2.84. The minimum absolute atomic E-state index is 0.0576. The minimum atomic E-state index is -0.412. The molecule has 3 heterocycles. The van der Waals surface area contributed by atoms with Crippen LogP contribution < -0.4 is 4.90 Å². The molecule has 1 atom stereocenters. The standard InChI is InChI=1S/C14H18N4O4/c1-21-9-13(19)17-4-2-3-11(17)10-7-15-8-12(16-10)18-5-6-22-14(18)20/h7-8,11H,2-6,9H2,1H3/t11-/m0/s1. The quantitative estimate of drug-likeness (QED) is 0.816. The molecule has 8 nitrogen and oxygen atoms in total. The molecule has 2 aliphatic rings. The fraction of sp³-hybridized carbons (Fsp3) is 0.571. The lowest BCUT2D eigenvalue weighted by atomic mass is 10.1. The van der Waals surface area contributed by atoms with Crippen LogP contribution in [-0.2, 0) is 14.3 Å². The first-order valence-corrected chi connectivity index (χ1v) is 7.25. The summed E-state index contributed by atoms with van der Waals surface area (Å²) in [6.07, 6.45) is 4.51. The number of methoxy groups -OCH3 is 1. The summed E-state index contributed by atoms with van der Waals surface area (Å²) in [5.74, 6) is 0.406. The monoisotopic (exact) mass is 306 g/mol. The van der Waals surface area contributed by atoms with E-state index in [0.717, 1.165) is 12.8 Å². The molecule has 1 aromatic heterocycles. The van der Waals surface area contributed by atoms with Crippen molar-refractivity contribution < 1.29 is 19.1 Å². The predicted molar refractivity (Wildman–Crippen MR) is 76.3 cm³/mol. The number of anilines is 1. The number of amides is 2. The summed E-state index contributed by atoms with van der Waals surface area (Å²) in [4.78, 5) is 35.6. The molecule has 0 bridgehead atoms. The van der Waals surface area contributed by atoms with Crippen LogP contribution >= 0.6 is 0 Å². The van der Waals surface area contributed by atoms with Gasteiger partial charge in [0.25, 0.3) is 0 Å². The van der Waals surface area contributed by atoms with E-state index in [9.17, 15) is 9.59 Å². The summed E-state index contributed by atoms with van der Waals surface area (Å²) in [7, 11) is 1.50. The number of nitrogens with zero attached hydrogens (tertiary/aromatic N) is 4. The second kappa shape index (κ2) is 6.27. The number of aromatic nitrogens is 2. The lowest BCUT2D eigenvalue weighted by molar-refractivity contribution is -0.136. The highest BCUT2D eigenvalue weighted by Gasteiger charge is 2.32. The van der Waals surface area contributed by atoms with Gasteiger partial charge in [-0.25, -0.2) is 9.78 Å². The fourth-order valence-corrected chi connectivity index (χ4v) is 2.84. The van der Waals surface area contributed by atoms with Crippen LogP contribution in [0.15, 0.2) is 12.4 Å². The molecule has 1 aromatic rings. The Labute approximate surface area is 128 Å². The van der Waals surface area contributed by atoms with Gasteiger partial charge in [-0.1, -0.05) is 0 Å². The first kappa shape index (κ1) is 14.7. The molecule has 0 saturated carbocycles. The molecular weight excluding hydrogens is 288 g/mol. The van der Waals surface area contributed by atoms with Crippen LogP contribution in [0, 0.1) is 0 Å². The third-order valence-electron chi connectivity index (χ3n) is 3.86. The van der Waals surface area contributed by atoms with Crippen molar-refractivity contribution in [1.29, 1.82) is 0 Å². The highest BCUT2D eigenvalue weighted by molar-refractivity contribution is 5.87. The van der Waals surface area contributed by atoms with Crippen molar-refractivity contribution in [3.05, 3.63) is 18.1 Å². The third kappa shape index (κ3) is 2.74. The van der Waals surface area contributed by atoms with Gasteiger partial charge in [0.1, 0.15) is 13.2 Å². The van der Waals surface area contributed by atoms with Crippen molar-refractivity contribution in [2.75, 3.05) is 38.3 Å². The normalized spacial score (nSPS) is 21.3. The molecule has 22 heavy (non-hydrogen) atoms. The SMILES string of the molecule is COCC(=O)N1CCC[C@H]1c1cncc(N2CCOC2=O)n1. The zero-order valence-corrected chi connectivity index (χ0v) is 12.4. The Bertz CT molecular complexity index is 580. The van der Waals surface area contributed by atoms with Crippen molar-refractivity contribution in [2.24, 2.45) is 0 Å². The Balaban J connectivity index is 1.82. The minimum Gasteiger partial charge on any atom is -0.447 e. The van der Waals surface area contributed by atoms with E-state index < -0.39 is 6.09 Å². The maximum atomic E-state index is 12.1. The zero-order chi connectivity index (χ0) is 15.5. The first-order valence-electron chi connectivity index (χ1n) is 7.25. The van der Waals surface area contributed by atoms with Crippen LogP contribution in [0.1, 0.15) is 24.6 Å². The average molecular weight is 306 g/mol. The molecule has 0 N–H and O–H groups in total. The highest BCUT2D eigenvalue weighted by atomic mass is 16.6. The summed E-state index contributed by atoms with van der Waals surface area (Å²) in [6, 6.07) is -0.117. The van der Waals surface area contributed by atoms with E-state index in [1.165, 1.54) is 18.2 Å². The molecular formula is C14H18N4O4. The van der Waals surface area contributed by atoms with Gasteiger partial charge in [0.05, 0.1) is 30.7 Å². The summed E-state index contributed by atoms with van der Waals surface area (Å²) < 4.78 is 9.84. The van der Waals surface area contributed by atoms with Crippen LogP contribution in [0.4, 0.5) is 10.6 Å². The van der Waals surface area contributed by atoms with Crippen molar-refractivity contribution in [2.45, 2.75) is 18.9 Å². The number of ether oxygens (including phenoxy) is 2. The predicted octanol–water partition coefficient (Wildman–Crippen LogP) is 0.743. The van der Waals surface area contributed by atoms with E-state index in [-0.39, 0.29) is 18.6 Å². The summed E-state index contributed by atoms with van der Waals surface area (Å²) in [5, 5.41) is 0. The van der Waals surface area contributed by atoms with Gasteiger partial charge >= 0.3 is 6.09 Å². The molecule has 0 spiro atoms. The Hall–Kier alpha value is -2.22. The van der Waals surface area contributed by atoms with Crippen LogP contribution in [0.5, 0.6) is 0 Å². The number of cyclic esters (lactones) is 1. The number of hydrogen-bond acceptors (Lipinski definition) is 6. The molecule has 8 heteroatoms. The molecule has 0 radical (unpaired) electrons. The van der Waals surface area contributed by atoms with Crippen molar-refractivity contribution in [3.8, 4) is 0 Å². The second-order valence-electron chi connectivity index (χ2n) is 5.25. The van der Waals surface area contributed by atoms with Gasteiger partial charge in [-0.3, -0.25) is 14.7 Å². The molecule has 118 valence electrons. The van der Waals surface area contributed by atoms with Gasteiger partial charge in [-0.2, -0.15) is 0 Å².